The minimum atomic E-state index is -0.292. The largest absolute Gasteiger partial charge is 0.497 e. The third-order valence-electron chi connectivity index (χ3n) is 5.47. The van der Waals surface area contributed by atoms with Crippen molar-refractivity contribution in [3.05, 3.63) is 59.7 Å². The number of methoxy groups -OCH3 is 2. The number of amides is 2. The average molecular weight is 396 g/mol. The lowest BCUT2D eigenvalue weighted by atomic mass is 9.83. The predicted molar refractivity (Wildman–Crippen MR) is 111 cm³/mol. The van der Waals surface area contributed by atoms with E-state index in [2.05, 4.69) is 5.32 Å². The highest BCUT2D eigenvalue weighted by atomic mass is 16.5. The first-order chi connectivity index (χ1) is 14.1. The average Bonchev–Trinajstić information content (AvgIpc) is 2.77. The second kappa shape index (κ2) is 9.45. The number of likely N-dealkylation sites (tertiary alicyclic amines) is 1. The van der Waals surface area contributed by atoms with Gasteiger partial charge in [-0.15, -0.1) is 0 Å². The molecule has 0 spiro atoms. The van der Waals surface area contributed by atoms with Gasteiger partial charge in [-0.3, -0.25) is 9.59 Å². The fourth-order valence-electron chi connectivity index (χ4n) is 3.88. The summed E-state index contributed by atoms with van der Waals surface area (Å²) >= 11 is 0. The topological polar surface area (TPSA) is 67.9 Å². The van der Waals surface area contributed by atoms with E-state index in [1.165, 1.54) is 0 Å². The monoisotopic (exact) mass is 396 g/mol. The Labute approximate surface area is 171 Å². The zero-order chi connectivity index (χ0) is 20.8. The molecule has 2 atom stereocenters. The first-order valence-corrected chi connectivity index (χ1v) is 9.91. The van der Waals surface area contributed by atoms with E-state index in [9.17, 15) is 9.59 Å². The summed E-state index contributed by atoms with van der Waals surface area (Å²) in [6.07, 6.45) is 0.932. The molecule has 1 aliphatic rings. The van der Waals surface area contributed by atoms with E-state index in [4.69, 9.17) is 9.47 Å². The molecule has 0 saturated carbocycles. The number of nitrogens with one attached hydrogen (secondary N) is 1. The van der Waals surface area contributed by atoms with Crippen LogP contribution in [0.4, 0.5) is 0 Å². The van der Waals surface area contributed by atoms with E-state index in [1.807, 2.05) is 60.4 Å². The van der Waals surface area contributed by atoms with Gasteiger partial charge in [0.15, 0.2) is 0 Å². The van der Waals surface area contributed by atoms with Crippen molar-refractivity contribution >= 4 is 11.8 Å². The van der Waals surface area contributed by atoms with Gasteiger partial charge in [-0.1, -0.05) is 24.3 Å². The lowest BCUT2D eigenvalue weighted by Crippen LogP contribution is -2.47. The highest BCUT2D eigenvalue weighted by Crippen LogP contribution is 2.37. The minimum Gasteiger partial charge on any atom is -0.497 e. The molecule has 1 aliphatic heterocycles. The molecule has 1 saturated heterocycles. The SMILES string of the molecule is CCN1C(=O)CC[C@@H](C(=O)NCc2ccc(OC)cc2)[C@@H]1c1ccc(OC)cc1. The van der Waals surface area contributed by atoms with Gasteiger partial charge in [0.2, 0.25) is 11.8 Å². The molecule has 154 valence electrons. The van der Waals surface area contributed by atoms with Gasteiger partial charge < -0.3 is 19.7 Å². The normalized spacial score (nSPS) is 19.0. The Morgan fingerprint density at radius 3 is 2.17 bits per heavy atom. The van der Waals surface area contributed by atoms with Crippen LogP contribution in [0.15, 0.2) is 48.5 Å². The zero-order valence-corrected chi connectivity index (χ0v) is 17.2. The molecule has 3 rings (SSSR count). The maximum Gasteiger partial charge on any atom is 0.225 e. The Morgan fingerprint density at radius 2 is 1.62 bits per heavy atom. The molecular weight excluding hydrogens is 368 g/mol. The summed E-state index contributed by atoms with van der Waals surface area (Å²) in [7, 11) is 3.24. The third kappa shape index (κ3) is 4.70. The van der Waals surface area contributed by atoms with Crippen LogP contribution in [0.1, 0.15) is 36.9 Å². The summed E-state index contributed by atoms with van der Waals surface area (Å²) in [5.41, 5.74) is 1.95. The minimum absolute atomic E-state index is 0.0346. The van der Waals surface area contributed by atoms with E-state index in [0.717, 1.165) is 22.6 Å². The number of ether oxygens (including phenoxy) is 2. The molecule has 29 heavy (non-hydrogen) atoms. The molecule has 6 heteroatoms. The highest BCUT2D eigenvalue weighted by molar-refractivity contribution is 5.85. The van der Waals surface area contributed by atoms with Crippen LogP contribution in [0.25, 0.3) is 0 Å². The van der Waals surface area contributed by atoms with Crippen molar-refractivity contribution in [3.63, 3.8) is 0 Å². The summed E-state index contributed by atoms with van der Waals surface area (Å²) in [6.45, 7) is 2.96. The summed E-state index contributed by atoms with van der Waals surface area (Å²) in [5, 5.41) is 3.05. The molecule has 2 amide bonds. The van der Waals surface area contributed by atoms with Crippen molar-refractivity contribution < 1.29 is 19.1 Å². The molecule has 0 bridgehead atoms. The Hall–Kier alpha value is -3.02. The summed E-state index contributed by atoms with van der Waals surface area (Å²) in [5.74, 6) is 1.29. The van der Waals surface area contributed by atoms with Crippen molar-refractivity contribution in [1.29, 1.82) is 0 Å². The molecule has 0 unspecified atom stereocenters. The van der Waals surface area contributed by atoms with Crippen LogP contribution in [0.3, 0.4) is 0 Å². The van der Waals surface area contributed by atoms with E-state index in [1.54, 1.807) is 14.2 Å². The second-order valence-electron chi connectivity index (χ2n) is 7.11. The van der Waals surface area contributed by atoms with Gasteiger partial charge in [0.1, 0.15) is 11.5 Å². The van der Waals surface area contributed by atoms with E-state index >= 15 is 0 Å². The van der Waals surface area contributed by atoms with Crippen molar-refractivity contribution in [2.45, 2.75) is 32.4 Å². The molecular formula is C23H28N2O4. The molecule has 2 aromatic carbocycles. The van der Waals surface area contributed by atoms with Gasteiger partial charge in [0, 0.05) is 19.5 Å². The molecule has 2 aromatic rings. The van der Waals surface area contributed by atoms with Crippen LogP contribution in [-0.2, 0) is 16.1 Å². The Morgan fingerprint density at radius 1 is 1.03 bits per heavy atom. The Balaban J connectivity index is 1.77. The van der Waals surface area contributed by atoms with E-state index in [0.29, 0.717) is 25.9 Å². The van der Waals surface area contributed by atoms with Gasteiger partial charge >= 0.3 is 0 Å². The number of rotatable bonds is 7. The lowest BCUT2D eigenvalue weighted by molar-refractivity contribution is -0.143. The van der Waals surface area contributed by atoms with Crippen molar-refractivity contribution in [2.24, 2.45) is 5.92 Å². The first-order valence-electron chi connectivity index (χ1n) is 9.91. The zero-order valence-electron chi connectivity index (χ0n) is 17.2. The van der Waals surface area contributed by atoms with Crippen LogP contribution < -0.4 is 14.8 Å². The molecule has 0 aliphatic carbocycles. The van der Waals surface area contributed by atoms with Crippen LogP contribution in [-0.4, -0.2) is 37.5 Å². The maximum absolute atomic E-state index is 13.1. The van der Waals surface area contributed by atoms with Gasteiger partial charge in [-0.05, 0) is 48.7 Å². The quantitative estimate of drug-likeness (QED) is 0.780. The van der Waals surface area contributed by atoms with Crippen molar-refractivity contribution in [3.8, 4) is 11.5 Å². The molecule has 1 N–H and O–H groups in total. The predicted octanol–water partition coefficient (Wildman–Crippen LogP) is 3.32. The number of nitrogens with zero attached hydrogens (tertiary/aromatic N) is 1. The smallest absolute Gasteiger partial charge is 0.225 e. The standard InChI is InChI=1S/C23H28N2O4/c1-4-25-21(26)14-13-20(22(25)17-7-11-19(29-3)12-8-17)23(27)24-15-16-5-9-18(28-2)10-6-16/h5-12,20,22H,4,13-15H2,1-3H3,(H,24,27)/t20-,22+/m1/s1. The number of hydrogen-bond acceptors (Lipinski definition) is 4. The molecule has 1 fully saturated rings. The first kappa shape index (κ1) is 20.7. The third-order valence-corrected chi connectivity index (χ3v) is 5.47. The highest BCUT2D eigenvalue weighted by Gasteiger charge is 2.39. The molecule has 0 aromatic heterocycles. The molecule has 0 radical (unpaired) electrons. The number of benzene rings is 2. The van der Waals surface area contributed by atoms with E-state index < -0.39 is 0 Å². The van der Waals surface area contributed by atoms with E-state index in [-0.39, 0.29) is 23.8 Å². The van der Waals surface area contributed by atoms with Crippen LogP contribution in [0.5, 0.6) is 11.5 Å². The van der Waals surface area contributed by atoms with Gasteiger partial charge in [0.25, 0.3) is 0 Å². The fourth-order valence-corrected chi connectivity index (χ4v) is 3.88. The Kier molecular flexibility index (Phi) is 6.75. The molecule has 1 heterocycles. The van der Waals surface area contributed by atoms with Gasteiger partial charge in [-0.2, -0.15) is 0 Å². The second-order valence-corrected chi connectivity index (χ2v) is 7.11. The Bertz CT molecular complexity index is 833. The van der Waals surface area contributed by atoms with Crippen molar-refractivity contribution in [1.82, 2.24) is 10.2 Å². The van der Waals surface area contributed by atoms with Gasteiger partial charge in [0.05, 0.1) is 26.2 Å². The summed E-state index contributed by atoms with van der Waals surface area (Å²) < 4.78 is 10.4. The maximum atomic E-state index is 13.1. The number of piperidine rings is 1. The lowest BCUT2D eigenvalue weighted by Gasteiger charge is -2.40. The molecule has 6 nitrogen and oxygen atoms in total. The number of carbonyl (C=O) groups excluding carboxylic acids is 2. The number of hydrogen-bond donors (Lipinski definition) is 1. The van der Waals surface area contributed by atoms with Crippen LogP contribution in [0.2, 0.25) is 0 Å². The van der Waals surface area contributed by atoms with Gasteiger partial charge in [-0.25, -0.2) is 0 Å². The summed E-state index contributed by atoms with van der Waals surface area (Å²) in [6, 6.07) is 15.0. The van der Waals surface area contributed by atoms with Crippen molar-refractivity contribution in [2.75, 3.05) is 20.8 Å². The fraction of sp³-hybridized carbons (Fsp3) is 0.391. The number of carbonyl (C=O) groups is 2. The van der Waals surface area contributed by atoms with Crippen LogP contribution in [0, 0.1) is 5.92 Å². The van der Waals surface area contributed by atoms with Crippen LogP contribution >= 0.6 is 0 Å². The summed E-state index contributed by atoms with van der Waals surface area (Å²) in [4.78, 5) is 27.4.